The number of benzene rings is 1. The molecule has 0 aromatic heterocycles. The van der Waals surface area contributed by atoms with Gasteiger partial charge >= 0.3 is 5.97 Å². The van der Waals surface area contributed by atoms with Crippen molar-refractivity contribution in [2.45, 2.75) is 38.6 Å². The number of aryl methyl sites for hydroxylation is 1. The number of para-hydroxylation sites is 1. The van der Waals surface area contributed by atoms with Crippen molar-refractivity contribution in [1.82, 2.24) is 5.32 Å². The first-order valence-electron chi connectivity index (χ1n) is 7.34. The molecule has 1 saturated carbocycles. The average molecular weight is 291 g/mol. The maximum absolute atomic E-state index is 11.9. The summed E-state index contributed by atoms with van der Waals surface area (Å²) in [4.78, 5) is 23.0. The SMILES string of the molecule is CCc1ccccc1OCC(=O)N[C@@H]1CCC[C@@H]1C(=O)O. The quantitative estimate of drug-likeness (QED) is 0.840. The average Bonchev–Trinajstić information content (AvgIpc) is 2.93. The molecule has 1 aromatic rings. The molecular weight excluding hydrogens is 270 g/mol. The van der Waals surface area contributed by atoms with Crippen LogP contribution in [0.1, 0.15) is 31.7 Å². The molecule has 0 heterocycles. The molecule has 2 atom stereocenters. The molecule has 2 N–H and O–H groups in total. The Hall–Kier alpha value is -2.04. The number of rotatable bonds is 6. The lowest BCUT2D eigenvalue weighted by Crippen LogP contribution is -2.42. The number of aliphatic carboxylic acids is 1. The van der Waals surface area contributed by atoms with Crippen LogP contribution in [0.3, 0.4) is 0 Å². The third-order valence-corrected chi connectivity index (χ3v) is 3.89. The monoisotopic (exact) mass is 291 g/mol. The van der Waals surface area contributed by atoms with Crippen molar-refractivity contribution in [3.05, 3.63) is 29.8 Å². The first-order valence-corrected chi connectivity index (χ1v) is 7.34. The predicted molar refractivity (Wildman–Crippen MR) is 78.2 cm³/mol. The number of nitrogens with one attached hydrogen (secondary N) is 1. The second-order valence-corrected chi connectivity index (χ2v) is 5.30. The third kappa shape index (κ3) is 3.97. The van der Waals surface area contributed by atoms with Gasteiger partial charge in [0.1, 0.15) is 5.75 Å². The number of carboxylic acid groups (broad SMARTS) is 1. The van der Waals surface area contributed by atoms with Crippen molar-refractivity contribution in [3.8, 4) is 5.75 Å². The maximum Gasteiger partial charge on any atom is 0.308 e. The van der Waals surface area contributed by atoms with Crippen molar-refractivity contribution in [3.63, 3.8) is 0 Å². The molecule has 1 aromatic carbocycles. The van der Waals surface area contributed by atoms with Crippen molar-refractivity contribution in [2.24, 2.45) is 5.92 Å². The molecule has 1 amide bonds. The number of hydrogen-bond donors (Lipinski definition) is 2. The van der Waals surface area contributed by atoms with Gasteiger partial charge in [0.15, 0.2) is 6.61 Å². The molecule has 114 valence electrons. The Kier molecular flexibility index (Phi) is 5.20. The van der Waals surface area contributed by atoms with Crippen LogP contribution in [0.4, 0.5) is 0 Å². The largest absolute Gasteiger partial charge is 0.483 e. The number of carbonyl (C=O) groups excluding carboxylic acids is 1. The van der Waals surface area contributed by atoms with E-state index in [0.29, 0.717) is 18.6 Å². The minimum atomic E-state index is -0.838. The number of ether oxygens (including phenoxy) is 1. The Morgan fingerprint density at radius 3 is 2.81 bits per heavy atom. The van der Waals surface area contributed by atoms with Crippen LogP contribution in [-0.4, -0.2) is 29.6 Å². The maximum atomic E-state index is 11.9. The van der Waals surface area contributed by atoms with Gasteiger partial charge in [0.2, 0.25) is 0 Å². The first kappa shape index (κ1) is 15.4. The van der Waals surface area contributed by atoms with Gasteiger partial charge in [-0.2, -0.15) is 0 Å². The van der Waals surface area contributed by atoms with Gasteiger partial charge in [0.05, 0.1) is 5.92 Å². The summed E-state index contributed by atoms with van der Waals surface area (Å²) in [7, 11) is 0. The van der Waals surface area contributed by atoms with E-state index >= 15 is 0 Å². The van der Waals surface area contributed by atoms with Crippen LogP contribution in [0.5, 0.6) is 5.75 Å². The van der Waals surface area contributed by atoms with Gasteiger partial charge in [-0.15, -0.1) is 0 Å². The Morgan fingerprint density at radius 1 is 1.33 bits per heavy atom. The van der Waals surface area contributed by atoms with Gasteiger partial charge in [0.25, 0.3) is 5.91 Å². The Balaban J connectivity index is 1.86. The number of amides is 1. The summed E-state index contributed by atoms with van der Waals surface area (Å²) in [6, 6.07) is 7.32. The van der Waals surface area contributed by atoms with Gasteiger partial charge in [0, 0.05) is 6.04 Å². The number of carboxylic acids is 1. The van der Waals surface area contributed by atoms with E-state index in [9.17, 15) is 9.59 Å². The molecule has 0 saturated heterocycles. The standard InChI is InChI=1S/C16H21NO4/c1-2-11-6-3-4-9-14(11)21-10-15(18)17-13-8-5-7-12(13)16(19)20/h3-4,6,9,12-13H,2,5,7-8,10H2,1H3,(H,17,18)(H,19,20)/t12-,13+/m0/s1. The zero-order valence-corrected chi connectivity index (χ0v) is 12.2. The molecule has 0 spiro atoms. The van der Waals surface area contributed by atoms with Crippen molar-refractivity contribution in [2.75, 3.05) is 6.61 Å². The van der Waals surface area contributed by atoms with Gasteiger partial charge in [-0.3, -0.25) is 9.59 Å². The lowest BCUT2D eigenvalue weighted by molar-refractivity contribution is -0.142. The summed E-state index contributed by atoms with van der Waals surface area (Å²) in [5, 5.41) is 11.9. The van der Waals surface area contributed by atoms with E-state index in [2.05, 4.69) is 5.32 Å². The summed E-state index contributed by atoms with van der Waals surface area (Å²) < 4.78 is 5.54. The highest BCUT2D eigenvalue weighted by atomic mass is 16.5. The lowest BCUT2D eigenvalue weighted by Gasteiger charge is -2.18. The molecule has 21 heavy (non-hydrogen) atoms. The summed E-state index contributed by atoms with van der Waals surface area (Å²) in [5.74, 6) is -0.873. The van der Waals surface area contributed by atoms with Crippen molar-refractivity contribution < 1.29 is 19.4 Å². The zero-order valence-electron chi connectivity index (χ0n) is 12.2. The summed E-state index contributed by atoms with van der Waals surface area (Å²) >= 11 is 0. The Morgan fingerprint density at radius 2 is 2.10 bits per heavy atom. The molecular formula is C16H21NO4. The van der Waals surface area contributed by atoms with E-state index in [1.807, 2.05) is 31.2 Å². The van der Waals surface area contributed by atoms with Crippen LogP contribution in [0.25, 0.3) is 0 Å². The Bertz CT molecular complexity index is 515. The Labute approximate surface area is 124 Å². The molecule has 1 aliphatic carbocycles. The second-order valence-electron chi connectivity index (χ2n) is 5.30. The van der Waals surface area contributed by atoms with Crippen LogP contribution >= 0.6 is 0 Å². The zero-order chi connectivity index (χ0) is 15.2. The molecule has 5 nitrogen and oxygen atoms in total. The van der Waals surface area contributed by atoms with E-state index in [4.69, 9.17) is 9.84 Å². The number of carbonyl (C=O) groups is 2. The van der Waals surface area contributed by atoms with Gasteiger partial charge < -0.3 is 15.2 Å². The van der Waals surface area contributed by atoms with Crippen LogP contribution in [0.15, 0.2) is 24.3 Å². The molecule has 5 heteroatoms. The van der Waals surface area contributed by atoms with Gasteiger partial charge in [-0.25, -0.2) is 0 Å². The van der Waals surface area contributed by atoms with E-state index in [1.165, 1.54) is 0 Å². The van der Waals surface area contributed by atoms with Crippen LogP contribution in [0, 0.1) is 5.92 Å². The van der Waals surface area contributed by atoms with Crippen LogP contribution < -0.4 is 10.1 Å². The highest BCUT2D eigenvalue weighted by molar-refractivity contribution is 5.79. The van der Waals surface area contributed by atoms with Gasteiger partial charge in [-0.05, 0) is 30.9 Å². The van der Waals surface area contributed by atoms with Crippen LogP contribution in [-0.2, 0) is 16.0 Å². The topological polar surface area (TPSA) is 75.6 Å². The minimum absolute atomic E-state index is 0.0835. The normalized spacial score (nSPS) is 21.0. The molecule has 0 aliphatic heterocycles. The molecule has 2 rings (SSSR count). The van der Waals surface area contributed by atoms with E-state index in [1.54, 1.807) is 0 Å². The van der Waals surface area contributed by atoms with E-state index < -0.39 is 11.9 Å². The van der Waals surface area contributed by atoms with E-state index in [0.717, 1.165) is 18.4 Å². The fourth-order valence-electron chi connectivity index (χ4n) is 2.76. The smallest absolute Gasteiger partial charge is 0.308 e. The van der Waals surface area contributed by atoms with Crippen molar-refractivity contribution in [1.29, 1.82) is 0 Å². The van der Waals surface area contributed by atoms with Crippen molar-refractivity contribution >= 4 is 11.9 Å². The van der Waals surface area contributed by atoms with Gasteiger partial charge in [-0.1, -0.05) is 31.5 Å². The molecule has 1 aliphatic rings. The summed E-state index contributed by atoms with van der Waals surface area (Å²) in [6.07, 6.45) is 3.01. The number of hydrogen-bond acceptors (Lipinski definition) is 3. The fraction of sp³-hybridized carbons (Fsp3) is 0.500. The molecule has 0 radical (unpaired) electrons. The van der Waals surface area contributed by atoms with Crippen LogP contribution in [0.2, 0.25) is 0 Å². The second kappa shape index (κ2) is 7.11. The lowest BCUT2D eigenvalue weighted by atomic mass is 10.0. The highest BCUT2D eigenvalue weighted by Gasteiger charge is 2.33. The fourth-order valence-corrected chi connectivity index (χ4v) is 2.76. The molecule has 0 unspecified atom stereocenters. The molecule has 1 fully saturated rings. The molecule has 0 bridgehead atoms. The first-order chi connectivity index (χ1) is 10.1. The predicted octanol–water partition coefficient (Wildman–Crippen LogP) is 2.00. The minimum Gasteiger partial charge on any atom is -0.483 e. The third-order valence-electron chi connectivity index (χ3n) is 3.89. The summed E-state index contributed by atoms with van der Waals surface area (Å²) in [5.41, 5.74) is 1.05. The summed E-state index contributed by atoms with van der Waals surface area (Å²) in [6.45, 7) is 1.94. The highest BCUT2D eigenvalue weighted by Crippen LogP contribution is 2.25. The van der Waals surface area contributed by atoms with E-state index in [-0.39, 0.29) is 18.6 Å².